The van der Waals surface area contributed by atoms with Crippen molar-refractivity contribution in [3.8, 4) is 0 Å². The Morgan fingerprint density at radius 3 is 2.06 bits per heavy atom. The molecule has 0 amide bonds. The lowest BCUT2D eigenvalue weighted by molar-refractivity contribution is -0.119. The van der Waals surface area contributed by atoms with Crippen LogP contribution in [0.1, 0.15) is 65.7 Å². The summed E-state index contributed by atoms with van der Waals surface area (Å²) in [6.45, 7) is 5.75. The van der Waals surface area contributed by atoms with Crippen LogP contribution in [0.4, 0.5) is 0 Å². The molecule has 0 N–H and O–H groups in total. The summed E-state index contributed by atoms with van der Waals surface area (Å²) in [6.07, 6.45) is 6.27. The van der Waals surface area contributed by atoms with E-state index in [0.29, 0.717) is 24.5 Å². The first-order valence-electron chi connectivity index (χ1n) is 6.71. The van der Waals surface area contributed by atoms with Crippen LogP contribution in [0.2, 0.25) is 0 Å². The van der Waals surface area contributed by atoms with E-state index < -0.39 is 0 Å². The molecule has 0 aliphatic heterocycles. The second kappa shape index (κ2) is 15.0. The van der Waals surface area contributed by atoms with Crippen molar-refractivity contribution in [3.05, 3.63) is 0 Å². The Morgan fingerprint density at radius 1 is 1.06 bits per heavy atom. The van der Waals surface area contributed by atoms with Gasteiger partial charge in [0.25, 0.3) is 0 Å². The van der Waals surface area contributed by atoms with Crippen molar-refractivity contribution >= 4 is 34.8 Å². The number of ketones is 2. The van der Waals surface area contributed by atoms with Crippen molar-refractivity contribution in [2.24, 2.45) is 0 Å². The van der Waals surface area contributed by atoms with Crippen LogP contribution in [0.3, 0.4) is 0 Å². The number of halogens is 2. The van der Waals surface area contributed by atoms with Gasteiger partial charge in [-0.15, -0.1) is 23.2 Å². The Balaban J connectivity index is 0. The lowest BCUT2D eigenvalue weighted by Crippen LogP contribution is -2.14. The molecule has 0 aromatic carbocycles. The Kier molecular flexibility index (Phi) is 16.8. The minimum Gasteiger partial charge on any atom is -0.300 e. The van der Waals surface area contributed by atoms with Gasteiger partial charge in [-0.3, -0.25) is 4.79 Å². The molecule has 0 rings (SSSR count). The first-order valence-corrected chi connectivity index (χ1v) is 7.68. The van der Waals surface area contributed by atoms with Crippen LogP contribution >= 0.6 is 23.2 Å². The van der Waals surface area contributed by atoms with E-state index in [1.165, 1.54) is 12.8 Å². The van der Waals surface area contributed by atoms with Gasteiger partial charge in [0.2, 0.25) is 0 Å². The number of unbranched alkanes of at least 4 members (excludes halogenated alkanes) is 2. The van der Waals surface area contributed by atoms with Crippen molar-refractivity contribution in [1.82, 2.24) is 0 Å². The molecule has 0 spiro atoms. The van der Waals surface area contributed by atoms with E-state index in [0.717, 1.165) is 19.3 Å². The molecule has 0 bridgehead atoms. The van der Waals surface area contributed by atoms with Gasteiger partial charge in [0.05, 0.1) is 5.38 Å². The third-order valence-corrected chi connectivity index (χ3v) is 3.02. The number of Topliss-reactive ketones (excluding diaryl/α,β-unsaturated/α-hetero) is 2. The number of carbonyl (C=O) groups excluding carboxylic acids is 2. The van der Waals surface area contributed by atoms with E-state index in [-0.39, 0.29) is 11.2 Å². The molecule has 4 heteroatoms. The Bertz CT molecular complexity index is 218. The van der Waals surface area contributed by atoms with Gasteiger partial charge in [0.15, 0.2) is 5.78 Å². The zero-order chi connectivity index (χ0) is 14.4. The van der Waals surface area contributed by atoms with Crippen molar-refractivity contribution in [2.75, 3.05) is 5.88 Å². The zero-order valence-corrected chi connectivity index (χ0v) is 13.3. The van der Waals surface area contributed by atoms with Gasteiger partial charge in [-0.05, 0) is 26.2 Å². The molecule has 0 saturated heterocycles. The molecule has 2 nitrogen and oxygen atoms in total. The van der Waals surface area contributed by atoms with Gasteiger partial charge in [0, 0.05) is 18.7 Å². The van der Waals surface area contributed by atoms with Gasteiger partial charge < -0.3 is 4.79 Å². The molecule has 1 atom stereocenters. The highest BCUT2D eigenvalue weighted by atomic mass is 35.5. The van der Waals surface area contributed by atoms with Crippen molar-refractivity contribution in [3.63, 3.8) is 0 Å². The summed E-state index contributed by atoms with van der Waals surface area (Å²) in [5.74, 6) is 0.896. The maximum Gasteiger partial charge on any atom is 0.150 e. The van der Waals surface area contributed by atoms with Crippen LogP contribution in [-0.4, -0.2) is 22.8 Å². The molecular weight excluding hydrogens is 271 g/mol. The maximum absolute atomic E-state index is 10.9. The van der Waals surface area contributed by atoms with E-state index in [2.05, 4.69) is 6.92 Å². The fourth-order valence-electron chi connectivity index (χ4n) is 1.28. The highest BCUT2D eigenvalue weighted by molar-refractivity contribution is 6.31. The number of alkyl halides is 2. The minimum atomic E-state index is -0.363. The highest BCUT2D eigenvalue weighted by Gasteiger charge is 2.12. The van der Waals surface area contributed by atoms with Crippen LogP contribution in [0.5, 0.6) is 0 Å². The van der Waals surface area contributed by atoms with Crippen molar-refractivity contribution in [2.45, 2.75) is 71.1 Å². The molecule has 0 aromatic rings. The second-order valence-electron chi connectivity index (χ2n) is 4.32. The molecule has 0 radical (unpaired) electrons. The number of carbonyl (C=O) groups is 2. The fraction of sp³-hybridized carbons (Fsp3) is 0.857. The molecule has 0 aromatic heterocycles. The SMILES string of the molecule is CCCC(=O)C(Cl)CCCl.CCCCCC(C)=O. The van der Waals surface area contributed by atoms with E-state index in [1.807, 2.05) is 6.92 Å². The standard InChI is InChI=1S/C7H12Cl2O.C7H14O/c1-2-3-7(10)6(9)4-5-8;1-3-4-5-6-7(2)8/h6H,2-5H2,1H3;3-6H2,1-2H3. The number of hydrogen-bond donors (Lipinski definition) is 0. The Morgan fingerprint density at radius 2 is 1.67 bits per heavy atom. The van der Waals surface area contributed by atoms with E-state index in [4.69, 9.17) is 23.2 Å². The Hall–Kier alpha value is -0.0800. The lowest BCUT2D eigenvalue weighted by atomic mass is 10.1. The summed E-state index contributed by atoms with van der Waals surface area (Å²) in [5, 5.41) is -0.363. The largest absolute Gasteiger partial charge is 0.300 e. The minimum absolute atomic E-state index is 0.116. The summed E-state index contributed by atoms with van der Waals surface area (Å²) in [4.78, 5) is 21.3. The Labute approximate surface area is 121 Å². The van der Waals surface area contributed by atoms with Crippen LogP contribution in [0.15, 0.2) is 0 Å². The average molecular weight is 297 g/mol. The first-order chi connectivity index (χ1) is 8.49. The predicted molar refractivity (Wildman–Crippen MR) is 79.7 cm³/mol. The predicted octanol–water partition coefficient (Wildman–Crippen LogP) is 4.75. The molecular formula is C14H26Cl2O2. The molecule has 0 saturated carbocycles. The summed E-state index contributed by atoms with van der Waals surface area (Å²) in [5.41, 5.74) is 0. The quantitative estimate of drug-likeness (QED) is 0.454. The zero-order valence-electron chi connectivity index (χ0n) is 11.8. The van der Waals surface area contributed by atoms with E-state index in [1.54, 1.807) is 6.92 Å². The molecule has 0 aliphatic carbocycles. The monoisotopic (exact) mass is 296 g/mol. The van der Waals surface area contributed by atoms with E-state index in [9.17, 15) is 9.59 Å². The molecule has 18 heavy (non-hydrogen) atoms. The summed E-state index contributed by atoms with van der Waals surface area (Å²) >= 11 is 11.1. The molecule has 0 aliphatic rings. The normalized spacial score (nSPS) is 11.4. The third kappa shape index (κ3) is 15.9. The van der Waals surface area contributed by atoms with Crippen LogP contribution in [0.25, 0.3) is 0 Å². The summed E-state index contributed by atoms with van der Waals surface area (Å²) < 4.78 is 0. The average Bonchev–Trinajstić information content (AvgIpc) is 2.30. The van der Waals surface area contributed by atoms with Crippen LogP contribution in [-0.2, 0) is 9.59 Å². The molecule has 1 unspecified atom stereocenters. The first kappa shape index (κ1) is 20.2. The fourth-order valence-corrected chi connectivity index (χ4v) is 1.83. The smallest absolute Gasteiger partial charge is 0.150 e. The van der Waals surface area contributed by atoms with Gasteiger partial charge in [-0.25, -0.2) is 0 Å². The van der Waals surface area contributed by atoms with Crippen molar-refractivity contribution in [1.29, 1.82) is 0 Å². The maximum atomic E-state index is 10.9. The van der Waals surface area contributed by atoms with Crippen LogP contribution in [0, 0.1) is 0 Å². The number of hydrogen-bond acceptors (Lipinski definition) is 2. The molecule has 108 valence electrons. The van der Waals surface area contributed by atoms with Crippen molar-refractivity contribution < 1.29 is 9.59 Å². The third-order valence-electron chi connectivity index (χ3n) is 2.34. The highest BCUT2D eigenvalue weighted by Crippen LogP contribution is 2.08. The second-order valence-corrected chi connectivity index (χ2v) is 5.23. The number of rotatable bonds is 9. The molecule has 0 heterocycles. The summed E-state index contributed by atoms with van der Waals surface area (Å²) in [7, 11) is 0. The summed E-state index contributed by atoms with van der Waals surface area (Å²) in [6, 6.07) is 0. The topological polar surface area (TPSA) is 34.1 Å². The van der Waals surface area contributed by atoms with E-state index >= 15 is 0 Å². The molecule has 0 fully saturated rings. The van der Waals surface area contributed by atoms with Gasteiger partial charge in [-0.1, -0.05) is 26.7 Å². The van der Waals surface area contributed by atoms with Gasteiger partial charge in [0.1, 0.15) is 5.78 Å². The van der Waals surface area contributed by atoms with Gasteiger partial charge in [-0.2, -0.15) is 0 Å². The van der Waals surface area contributed by atoms with Crippen LogP contribution < -0.4 is 0 Å². The lowest BCUT2D eigenvalue weighted by Gasteiger charge is -2.03. The van der Waals surface area contributed by atoms with Gasteiger partial charge >= 0.3 is 0 Å².